The zero-order valence-electron chi connectivity index (χ0n) is 16.1. The summed E-state index contributed by atoms with van der Waals surface area (Å²) in [7, 11) is 0. The quantitative estimate of drug-likeness (QED) is 0.413. The molecule has 4 nitrogen and oxygen atoms in total. The Morgan fingerprint density at radius 2 is 1.61 bits per heavy atom. The van der Waals surface area contributed by atoms with Crippen LogP contribution in [0.5, 0.6) is 0 Å². The van der Waals surface area contributed by atoms with E-state index in [1.807, 2.05) is 39.5 Å². The highest BCUT2D eigenvalue weighted by Gasteiger charge is 2.26. The molecule has 0 spiro atoms. The van der Waals surface area contributed by atoms with Crippen LogP contribution in [0.3, 0.4) is 0 Å². The van der Waals surface area contributed by atoms with Gasteiger partial charge in [-0.1, -0.05) is 46.5 Å². The molecule has 0 aromatic rings. The number of nitrogens with zero attached hydrogens (tertiary/aromatic N) is 1. The molecule has 0 aromatic heterocycles. The van der Waals surface area contributed by atoms with Gasteiger partial charge in [0.05, 0.1) is 13.0 Å². The lowest BCUT2D eigenvalue weighted by Gasteiger charge is -2.35. The highest BCUT2D eigenvalue weighted by atomic mass is 16.5. The van der Waals surface area contributed by atoms with E-state index in [4.69, 9.17) is 4.74 Å². The van der Waals surface area contributed by atoms with Gasteiger partial charge in [0.2, 0.25) is 5.91 Å². The smallest absolute Gasteiger partial charge is 0.307 e. The van der Waals surface area contributed by atoms with Gasteiger partial charge in [-0.2, -0.15) is 0 Å². The van der Waals surface area contributed by atoms with E-state index < -0.39 is 0 Å². The van der Waals surface area contributed by atoms with Gasteiger partial charge in [0.25, 0.3) is 0 Å². The van der Waals surface area contributed by atoms with Gasteiger partial charge in [-0.05, 0) is 33.1 Å². The van der Waals surface area contributed by atoms with Crippen LogP contribution in [0.2, 0.25) is 0 Å². The Bertz CT molecular complexity index is 345. The monoisotopic (exact) mass is 327 g/mol. The van der Waals surface area contributed by atoms with Crippen molar-refractivity contribution in [3.8, 4) is 0 Å². The van der Waals surface area contributed by atoms with Crippen LogP contribution in [0.25, 0.3) is 0 Å². The third-order valence-corrected chi connectivity index (χ3v) is 3.72. The van der Waals surface area contributed by atoms with E-state index in [0.29, 0.717) is 25.5 Å². The lowest BCUT2D eigenvalue weighted by atomic mass is 10.0. The van der Waals surface area contributed by atoms with E-state index in [0.717, 1.165) is 12.8 Å². The van der Waals surface area contributed by atoms with Crippen LogP contribution < -0.4 is 0 Å². The van der Waals surface area contributed by atoms with Crippen LogP contribution in [-0.4, -0.2) is 35.5 Å². The van der Waals surface area contributed by atoms with Crippen molar-refractivity contribution in [2.45, 2.75) is 92.0 Å². The fourth-order valence-electron chi connectivity index (χ4n) is 2.38. The van der Waals surface area contributed by atoms with E-state index in [-0.39, 0.29) is 23.8 Å². The lowest BCUT2D eigenvalue weighted by Crippen LogP contribution is -2.46. The van der Waals surface area contributed by atoms with Crippen LogP contribution in [0, 0.1) is 5.92 Å². The number of carbonyl (C=O) groups excluding carboxylic acids is 2. The standard InChI is InChI=1S/C19H37NO3/c1-7-8-9-10-11-12-17(21)20(19(4,5)6)14-13-18(22)23-15-16(2)3/h16H,7-15H2,1-6H3. The molecular formula is C19H37NO3. The Balaban J connectivity index is 4.31. The summed E-state index contributed by atoms with van der Waals surface area (Å²) in [5, 5.41) is 0. The average Bonchev–Trinajstić information content (AvgIpc) is 2.43. The van der Waals surface area contributed by atoms with Crippen molar-refractivity contribution in [2.75, 3.05) is 13.2 Å². The minimum atomic E-state index is -0.265. The summed E-state index contributed by atoms with van der Waals surface area (Å²) in [6.07, 6.45) is 6.52. The first kappa shape index (κ1) is 21.9. The maximum Gasteiger partial charge on any atom is 0.307 e. The highest BCUT2D eigenvalue weighted by Crippen LogP contribution is 2.17. The Hall–Kier alpha value is -1.06. The molecule has 0 N–H and O–H groups in total. The maximum atomic E-state index is 12.5. The molecule has 23 heavy (non-hydrogen) atoms. The normalized spacial score (nSPS) is 11.6. The molecule has 0 atom stereocenters. The second kappa shape index (κ2) is 11.5. The summed E-state index contributed by atoms with van der Waals surface area (Å²) in [5.41, 5.74) is -0.265. The van der Waals surface area contributed by atoms with Gasteiger partial charge in [0.15, 0.2) is 0 Å². The third kappa shape index (κ3) is 11.2. The van der Waals surface area contributed by atoms with Gasteiger partial charge >= 0.3 is 5.97 Å². The van der Waals surface area contributed by atoms with Gasteiger partial charge in [-0.25, -0.2) is 0 Å². The first-order chi connectivity index (χ1) is 10.7. The highest BCUT2D eigenvalue weighted by molar-refractivity contribution is 5.78. The first-order valence-corrected chi connectivity index (χ1v) is 9.14. The lowest BCUT2D eigenvalue weighted by molar-refractivity contribution is -0.146. The zero-order valence-corrected chi connectivity index (χ0v) is 16.1. The molecule has 0 bridgehead atoms. The van der Waals surface area contributed by atoms with Crippen molar-refractivity contribution in [3.63, 3.8) is 0 Å². The Labute approximate surface area is 143 Å². The molecule has 4 heteroatoms. The third-order valence-electron chi connectivity index (χ3n) is 3.72. The van der Waals surface area contributed by atoms with Crippen molar-refractivity contribution in [1.29, 1.82) is 0 Å². The van der Waals surface area contributed by atoms with Gasteiger partial charge in [0, 0.05) is 18.5 Å². The van der Waals surface area contributed by atoms with E-state index in [1.165, 1.54) is 19.3 Å². The molecule has 0 rings (SSSR count). The minimum Gasteiger partial charge on any atom is -0.465 e. The molecule has 0 aliphatic carbocycles. The molecule has 0 fully saturated rings. The van der Waals surface area contributed by atoms with E-state index in [1.54, 1.807) is 0 Å². The number of amides is 1. The number of unbranched alkanes of at least 4 members (excludes halogenated alkanes) is 4. The van der Waals surface area contributed by atoms with Crippen LogP contribution in [0.1, 0.15) is 86.5 Å². The summed E-state index contributed by atoms with van der Waals surface area (Å²) < 4.78 is 5.19. The number of esters is 1. The fraction of sp³-hybridized carbons (Fsp3) is 0.895. The summed E-state index contributed by atoms with van der Waals surface area (Å²) in [6.45, 7) is 13.1. The van der Waals surface area contributed by atoms with Crippen LogP contribution in [-0.2, 0) is 14.3 Å². The zero-order chi connectivity index (χ0) is 17.9. The van der Waals surface area contributed by atoms with Crippen molar-refractivity contribution in [3.05, 3.63) is 0 Å². The molecule has 0 aliphatic heterocycles. The second-order valence-corrected chi connectivity index (χ2v) is 7.71. The predicted octanol–water partition coefficient (Wildman–Crippen LogP) is 4.56. The molecule has 0 unspecified atom stereocenters. The van der Waals surface area contributed by atoms with E-state index >= 15 is 0 Å². The molecule has 0 saturated heterocycles. The fourth-order valence-corrected chi connectivity index (χ4v) is 2.38. The van der Waals surface area contributed by atoms with E-state index in [2.05, 4.69) is 6.92 Å². The predicted molar refractivity (Wildman–Crippen MR) is 95.3 cm³/mol. The van der Waals surface area contributed by atoms with Crippen molar-refractivity contribution >= 4 is 11.9 Å². The number of hydrogen-bond acceptors (Lipinski definition) is 3. The molecule has 0 saturated carbocycles. The van der Waals surface area contributed by atoms with E-state index in [9.17, 15) is 9.59 Å². The second-order valence-electron chi connectivity index (χ2n) is 7.71. The Kier molecular flexibility index (Phi) is 10.9. The summed E-state index contributed by atoms with van der Waals surface area (Å²) >= 11 is 0. The minimum absolute atomic E-state index is 0.144. The van der Waals surface area contributed by atoms with Gasteiger partial charge in [-0.15, -0.1) is 0 Å². The number of hydrogen-bond donors (Lipinski definition) is 0. The largest absolute Gasteiger partial charge is 0.465 e. The summed E-state index contributed by atoms with van der Waals surface area (Å²) in [5.74, 6) is 0.261. The number of ether oxygens (including phenoxy) is 1. The SMILES string of the molecule is CCCCCCCC(=O)N(CCC(=O)OCC(C)C)C(C)(C)C. The summed E-state index contributed by atoms with van der Waals surface area (Å²) in [4.78, 5) is 26.1. The first-order valence-electron chi connectivity index (χ1n) is 9.14. The molecule has 0 radical (unpaired) electrons. The molecular weight excluding hydrogens is 290 g/mol. The Morgan fingerprint density at radius 3 is 2.13 bits per heavy atom. The molecule has 1 amide bonds. The number of carbonyl (C=O) groups is 2. The van der Waals surface area contributed by atoms with Gasteiger partial charge in [-0.3, -0.25) is 9.59 Å². The molecule has 0 aliphatic rings. The molecule has 0 heterocycles. The molecule has 0 aromatic carbocycles. The maximum absolute atomic E-state index is 12.5. The van der Waals surface area contributed by atoms with Crippen LogP contribution in [0.15, 0.2) is 0 Å². The van der Waals surface area contributed by atoms with Crippen LogP contribution >= 0.6 is 0 Å². The van der Waals surface area contributed by atoms with Crippen molar-refractivity contribution in [1.82, 2.24) is 4.90 Å². The van der Waals surface area contributed by atoms with Crippen molar-refractivity contribution in [2.24, 2.45) is 5.92 Å². The number of rotatable bonds is 11. The average molecular weight is 328 g/mol. The summed E-state index contributed by atoms with van der Waals surface area (Å²) in [6, 6.07) is 0. The van der Waals surface area contributed by atoms with Crippen LogP contribution in [0.4, 0.5) is 0 Å². The Morgan fingerprint density at radius 1 is 1.00 bits per heavy atom. The molecule has 136 valence electrons. The topological polar surface area (TPSA) is 46.6 Å². The van der Waals surface area contributed by atoms with Gasteiger partial charge < -0.3 is 9.64 Å². The van der Waals surface area contributed by atoms with Gasteiger partial charge in [0.1, 0.15) is 0 Å². The van der Waals surface area contributed by atoms with Crippen molar-refractivity contribution < 1.29 is 14.3 Å².